The summed E-state index contributed by atoms with van der Waals surface area (Å²) in [6.07, 6.45) is 10.8. The number of hydrogen-bond acceptors (Lipinski definition) is 6. The number of nitrogens with one attached hydrogen (secondary N) is 3. The standard InChI is InChI=1S/C32H31N3O6S/c1-4-21-9-5-8-12-30(21)42(38,39)35-31(36)22-13-15-25(29(17-22)40-3)20(2)27-19-33-28-16-14-23(18-26(27)28)34-32(37)41-24-10-6-7-11-24/h1,5,8-9,12-20,24,33H,6-7,10-11H2,2-3H3,(H,34,37)(H,35,36). The molecule has 0 radical (unpaired) electrons. The average molecular weight is 586 g/mol. The quantitative estimate of drug-likeness (QED) is 0.220. The van der Waals surface area contributed by atoms with E-state index in [-0.39, 0.29) is 28.0 Å². The first-order valence-electron chi connectivity index (χ1n) is 13.6. The van der Waals surface area contributed by atoms with Crippen LogP contribution in [0.25, 0.3) is 10.9 Å². The van der Waals surface area contributed by atoms with Crippen LogP contribution in [0.4, 0.5) is 10.5 Å². The highest BCUT2D eigenvalue weighted by Gasteiger charge is 2.24. The van der Waals surface area contributed by atoms with Crippen LogP contribution in [0.3, 0.4) is 0 Å². The van der Waals surface area contributed by atoms with Gasteiger partial charge in [0.15, 0.2) is 0 Å². The maximum atomic E-state index is 13.0. The third-order valence-corrected chi connectivity index (χ3v) is 8.91. The molecule has 0 saturated heterocycles. The van der Waals surface area contributed by atoms with Crippen LogP contribution >= 0.6 is 0 Å². The minimum absolute atomic E-state index is 0.0343. The highest BCUT2D eigenvalue weighted by atomic mass is 32.2. The fourth-order valence-corrected chi connectivity index (χ4v) is 6.46. The van der Waals surface area contributed by atoms with Crippen LogP contribution in [0, 0.1) is 12.3 Å². The zero-order valence-electron chi connectivity index (χ0n) is 23.3. The number of sulfonamides is 1. The van der Waals surface area contributed by atoms with Crippen molar-refractivity contribution in [3.8, 4) is 18.1 Å². The van der Waals surface area contributed by atoms with Crippen molar-refractivity contribution in [2.24, 2.45) is 0 Å². The number of ether oxygens (including phenoxy) is 2. The topological polar surface area (TPSA) is 127 Å². The molecule has 42 heavy (non-hydrogen) atoms. The molecule has 0 aliphatic heterocycles. The van der Waals surface area contributed by atoms with Gasteiger partial charge in [0.2, 0.25) is 0 Å². The summed E-state index contributed by atoms with van der Waals surface area (Å²) in [7, 11) is -2.72. The SMILES string of the molecule is C#Cc1ccccc1S(=O)(=O)NC(=O)c1ccc(C(C)c2c[nH]c3ccc(NC(=O)OC4CCCC4)cc23)c(OC)c1. The summed E-state index contributed by atoms with van der Waals surface area (Å²) in [5, 5.41) is 3.74. The van der Waals surface area contributed by atoms with Crippen LogP contribution in [0.2, 0.25) is 0 Å². The summed E-state index contributed by atoms with van der Waals surface area (Å²) in [5.74, 6) is 1.75. The van der Waals surface area contributed by atoms with Gasteiger partial charge < -0.3 is 14.5 Å². The lowest BCUT2D eigenvalue weighted by Crippen LogP contribution is -2.31. The van der Waals surface area contributed by atoms with Crippen molar-refractivity contribution >= 4 is 38.6 Å². The van der Waals surface area contributed by atoms with E-state index < -0.39 is 22.0 Å². The van der Waals surface area contributed by atoms with Gasteiger partial charge in [-0.15, -0.1) is 6.42 Å². The second kappa shape index (κ2) is 12.0. The number of benzene rings is 3. The predicted molar refractivity (Wildman–Crippen MR) is 160 cm³/mol. The van der Waals surface area contributed by atoms with Gasteiger partial charge >= 0.3 is 6.09 Å². The molecule has 216 valence electrons. The van der Waals surface area contributed by atoms with E-state index in [1.807, 2.05) is 31.3 Å². The van der Waals surface area contributed by atoms with Gasteiger partial charge in [0, 0.05) is 45.4 Å². The van der Waals surface area contributed by atoms with Crippen molar-refractivity contribution in [3.05, 3.63) is 89.1 Å². The van der Waals surface area contributed by atoms with E-state index in [1.54, 1.807) is 18.2 Å². The predicted octanol–water partition coefficient (Wildman–Crippen LogP) is 5.92. The number of aromatic amines is 1. The Morgan fingerprint density at radius 1 is 1.05 bits per heavy atom. The van der Waals surface area contributed by atoms with Gasteiger partial charge in [0.1, 0.15) is 16.7 Å². The lowest BCUT2D eigenvalue weighted by molar-refractivity contribution is 0.0980. The molecule has 10 heteroatoms. The van der Waals surface area contributed by atoms with E-state index in [9.17, 15) is 18.0 Å². The van der Waals surface area contributed by atoms with Crippen LogP contribution < -0.4 is 14.8 Å². The number of H-pyrrole nitrogens is 1. The molecule has 1 aliphatic carbocycles. The Labute approximate surface area is 244 Å². The summed E-state index contributed by atoms with van der Waals surface area (Å²) < 4.78 is 39.0. The number of fused-ring (bicyclic) bond motifs is 1. The van der Waals surface area contributed by atoms with Gasteiger partial charge in [-0.2, -0.15) is 0 Å². The van der Waals surface area contributed by atoms with Crippen LogP contribution in [0.15, 0.2) is 71.8 Å². The fourth-order valence-electron chi connectivity index (χ4n) is 5.32. The minimum Gasteiger partial charge on any atom is -0.496 e. The van der Waals surface area contributed by atoms with E-state index in [4.69, 9.17) is 15.9 Å². The van der Waals surface area contributed by atoms with Crippen molar-refractivity contribution < 1.29 is 27.5 Å². The number of amides is 2. The lowest BCUT2D eigenvalue weighted by atomic mass is 9.91. The van der Waals surface area contributed by atoms with Crippen molar-refractivity contribution in [1.29, 1.82) is 0 Å². The molecule has 0 bridgehead atoms. The van der Waals surface area contributed by atoms with Gasteiger partial charge in [0.25, 0.3) is 15.9 Å². The second-order valence-electron chi connectivity index (χ2n) is 10.2. The Morgan fingerprint density at radius 3 is 2.55 bits per heavy atom. The molecule has 1 aliphatic rings. The molecular formula is C32H31N3O6S. The fraction of sp³-hybridized carbons (Fsp3) is 0.250. The van der Waals surface area contributed by atoms with E-state index in [0.29, 0.717) is 11.4 Å². The summed E-state index contributed by atoms with van der Waals surface area (Å²) in [6, 6.07) is 16.4. The van der Waals surface area contributed by atoms with Crippen molar-refractivity contribution in [2.75, 3.05) is 12.4 Å². The summed E-state index contributed by atoms with van der Waals surface area (Å²) in [6.45, 7) is 2.00. The molecule has 5 rings (SSSR count). The van der Waals surface area contributed by atoms with Crippen molar-refractivity contribution in [1.82, 2.24) is 9.71 Å². The smallest absolute Gasteiger partial charge is 0.411 e. The number of hydrogen-bond donors (Lipinski definition) is 3. The summed E-state index contributed by atoms with van der Waals surface area (Å²) >= 11 is 0. The lowest BCUT2D eigenvalue weighted by Gasteiger charge is -2.17. The Kier molecular flexibility index (Phi) is 8.22. The van der Waals surface area contributed by atoms with Crippen LogP contribution in [0.5, 0.6) is 5.75 Å². The molecule has 0 spiro atoms. The molecule has 1 heterocycles. The van der Waals surface area contributed by atoms with Crippen LogP contribution in [-0.2, 0) is 14.8 Å². The Morgan fingerprint density at radius 2 is 1.81 bits per heavy atom. The molecule has 1 aromatic heterocycles. The molecule has 1 atom stereocenters. The van der Waals surface area contributed by atoms with Gasteiger partial charge in [-0.3, -0.25) is 10.1 Å². The molecule has 1 fully saturated rings. The number of aromatic nitrogens is 1. The van der Waals surface area contributed by atoms with E-state index in [0.717, 1.165) is 47.7 Å². The van der Waals surface area contributed by atoms with Crippen LogP contribution in [-0.4, -0.2) is 38.6 Å². The minimum atomic E-state index is -4.20. The first kappa shape index (κ1) is 28.8. The summed E-state index contributed by atoms with van der Waals surface area (Å²) in [5.41, 5.74) is 3.50. The maximum Gasteiger partial charge on any atom is 0.411 e. The Balaban J connectivity index is 1.37. The first-order valence-corrected chi connectivity index (χ1v) is 15.1. The van der Waals surface area contributed by atoms with Gasteiger partial charge in [0.05, 0.1) is 7.11 Å². The van der Waals surface area contributed by atoms with Crippen molar-refractivity contribution in [2.45, 2.75) is 49.5 Å². The normalized spacial score (nSPS) is 14.2. The summed E-state index contributed by atoms with van der Waals surface area (Å²) in [4.78, 5) is 28.5. The first-order chi connectivity index (χ1) is 20.2. The highest BCUT2D eigenvalue weighted by molar-refractivity contribution is 7.90. The number of methoxy groups -OCH3 is 1. The zero-order valence-corrected chi connectivity index (χ0v) is 24.1. The Hall–Kier alpha value is -4.75. The second-order valence-corrected chi connectivity index (χ2v) is 11.8. The van der Waals surface area contributed by atoms with Gasteiger partial charge in [-0.05, 0) is 73.7 Å². The zero-order chi connectivity index (χ0) is 29.9. The molecule has 3 N–H and O–H groups in total. The largest absolute Gasteiger partial charge is 0.496 e. The third kappa shape index (κ3) is 5.97. The number of terminal acetylenes is 1. The number of carbonyl (C=O) groups is 2. The molecule has 3 aromatic carbocycles. The molecule has 1 saturated carbocycles. The molecule has 4 aromatic rings. The molecule has 9 nitrogen and oxygen atoms in total. The maximum absolute atomic E-state index is 13.0. The number of rotatable bonds is 8. The molecule has 2 amide bonds. The van der Waals surface area contributed by atoms with E-state index >= 15 is 0 Å². The molecular weight excluding hydrogens is 554 g/mol. The number of carbonyl (C=O) groups excluding carboxylic acids is 2. The number of anilines is 1. The van der Waals surface area contributed by atoms with E-state index in [1.165, 1.54) is 31.4 Å². The highest BCUT2D eigenvalue weighted by Crippen LogP contribution is 2.37. The van der Waals surface area contributed by atoms with Gasteiger partial charge in [-0.25, -0.2) is 17.9 Å². The van der Waals surface area contributed by atoms with Gasteiger partial charge in [-0.1, -0.05) is 31.0 Å². The molecule has 1 unspecified atom stereocenters. The van der Waals surface area contributed by atoms with Crippen LogP contribution in [0.1, 0.15) is 65.6 Å². The van der Waals surface area contributed by atoms with Crippen molar-refractivity contribution in [3.63, 3.8) is 0 Å². The third-order valence-electron chi connectivity index (χ3n) is 7.52. The van der Waals surface area contributed by atoms with E-state index in [2.05, 4.69) is 20.9 Å². The average Bonchev–Trinajstić information content (AvgIpc) is 3.66. The monoisotopic (exact) mass is 585 g/mol. The Bertz CT molecular complexity index is 1800.